The van der Waals surface area contributed by atoms with Crippen LogP contribution in [-0.4, -0.2) is 29.6 Å². The van der Waals surface area contributed by atoms with Crippen molar-refractivity contribution in [1.29, 1.82) is 0 Å². The van der Waals surface area contributed by atoms with E-state index in [1.165, 1.54) is 0 Å². The molecule has 0 atom stereocenters. The first-order chi connectivity index (χ1) is 18.1. The smallest absolute Gasteiger partial charge is 0.338 e. The molecule has 0 aliphatic rings. The number of esters is 1. The number of carboxylic acids is 1. The Balaban J connectivity index is 1.73. The van der Waals surface area contributed by atoms with Crippen LogP contribution in [0.5, 0.6) is 11.5 Å². The fourth-order valence-electron chi connectivity index (χ4n) is 3.57. The lowest BCUT2D eigenvalue weighted by Crippen LogP contribution is -2.13. The third-order valence-electron chi connectivity index (χ3n) is 5.52. The Kier molecular flexibility index (Phi) is 10.6. The first-order valence-electron chi connectivity index (χ1n) is 12.2. The van der Waals surface area contributed by atoms with Crippen molar-refractivity contribution < 1.29 is 29.0 Å². The number of hydrogen-bond donors (Lipinski definition) is 2. The number of benzene rings is 3. The van der Waals surface area contributed by atoms with Crippen molar-refractivity contribution in [3.63, 3.8) is 0 Å². The Morgan fingerprint density at radius 1 is 0.947 bits per heavy atom. The number of nitrogens with one attached hydrogen (secondary N) is 1. The summed E-state index contributed by atoms with van der Waals surface area (Å²) >= 11 is 12.8. The van der Waals surface area contributed by atoms with Crippen molar-refractivity contribution in [2.75, 3.05) is 11.9 Å². The standard InChI is InChI=1S/C29H29Cl2NO6/c1-18(2)4-3-15-37-29(36)20-7-5-19(6-8-20)24-16-21(30)17-25(31)28(24)38-23-11-9-22(10-12-23)32-26(33)13-14-27(34)35/h5-12,16-18H,3-4,13-15H2,1-2H3,(H,32,33)(H,34,35). The highest BCUT2D eigenvalue weighted by Crippen LogP contribution is 2.41. The maximum absolute atomic E-state index is 12.4. The number of aliphatic carboxylic acids is 1. The molecule has 1 amide bonds. The number of carbonyl (C=O) groups is 3. The van der Waals surface area contributed by atoms with Gasteiger partial charge < -0.3 is 19.9 Å². The van der Waals surface area contributed by atoms with Crippen molar-refractivity contribution in [2.24, 2.45) is 5.92 Å². The van der Waals surface area contributed by atoms with Gasteiger partial charge in [-0.05, 0) is 72.9 Å². The van der Waals surface area contributed by atoms with Crippen molar-refractivity contribution in [3.05, 3.63) is 76.3 Å². The van der Waals surface area contributed by atoms with Gasteiger partial charge in [-0.25, -0.2) is 4.79 Å². The van der Waals surface area contributed by atoms with E-state index in [0.29, 0.717) is 50.9 Å². The van der Waals surface area contributed by atoms with Gasteiger partial charge in [0, 0.05) is 22.7 Å². The Bertz CT molecular complexity index is 1270. The molecule has 2 N–H and O–H groups in total. The number of ether oxygens (including phenoxy) is 2. The van der Waals surface area contributed by atoms with Gasteiger partial charge in [0.05, 0.1) is 23.6 Å². The zero-order chi connectivity index (χ0) is 27.7. The van der Waals surface area contributed by atoms with Gasteiger partial charge in [-0.3, -0.25) is 9.59 Å². The molecular weight excluding hydrogens is 529 g/mol. The molecule has 3 aromatic carbocycles. The van der Waals surface area contributed by atoms with Gasteiger partial charge in [-0.1, -0.05) is 49.2 Å². The molecule has 0 unspecified atom stereocenters. The average Bonchev–Trinajstić information content (AvgIpc) is 2.87. The molecule has 0 fully saturated rings. The quantitative estimate of drug-likeness (QED) is 0.173. The van der Waals surface area contributed by atoms with Gasteiger partial charge in [0.25, 0.3) is 0 Å². The molecule has 0 aliphatic heterocycles. The summed E-state index contributed by atoms with van der Waals surface area (Å²) in [6.45, 7) is 4.64. The van der Waals surface area contributed by atoms with Gasteiger partial charge in [-0.15, -0.1) is 0 Å². The summed E-state index contributed by atoms with van der Waals surface area (Å²) in [5.41, 5.74) is 2.31. The molecule has 200 valence electrons. The van der Waals surface area contributed by atoms with Crippen LogP contribution in [0.4, 0.5) is 5.69 Å². The second-order valence-corrected chi connectivity index (χ2v) is 9.93. The van der Waals surface area contributed by atoms with Gasteiger partial charge in [-0.2, -0.15) is 0 Å². The number of carboxylic acid groups (broad SMARTS) is 1. The average molecular weight is 558 g/mol. The largest absolute Gasteiger partial charge is 0.481 e. The molecule has 0 spiro atoms. The van der Waals surface area contributed by atoms with Crippen LogP contribution in [0, 0.1) is 5.92 Å². The highest BCUT2D eigenvalue weighted by molar-refractivity contribution is 6.36. The minimum atomic E-state index is -1.04. The lowest BCUT2D eigenvalue weighted by molar-refractivity contribution is -0.138. The van der Waals surface area contributed by atoms with Gasteiger partial charge in [0.1, 0.15) is 5.75 Å². The Hall–Kier alpha value is -3.55. The second kappa shape index (κ2) is 13.8. The summed E-state index contributed by atoms with van der Waals surface area (Å²) in [5, 5.41) is 12.1. The van der Waals surface area contributed by atoms with Gasteiger partial charge in [0.2, 0.25) is 5.91 Å². The number of anilines is 1. The molecule has 0 bridgehead atoms. The van der Waals surface area contributed by atoms with E-state index in [1.54, 1.807) is 60.7 Å². The summed E-state index contributed by atoms with van der Waals surface area (Å²) in [4.78, 5) is 34.9. The monoisotopic (exact) mass is 557 g/mol. The molecule has 0 saturated carbocycles. The third-order valence-corrected chi connectivity index (χ3v) is 6.02. The van der Waals surface area contributed by atoms with E-state index in [4.69, 9.17) is 37.8 Å². The van der Waals surface area contributed by atoms with E-state index in [2.05, 4.69) is 19.2 Å². The number of hydrogen-bond acceptors (Lipinski definition) is 5. The number of carbonyl (C=O) groups excluding carboxylic acids is 2. The summed E-state index contributed by atoms with van der Waals surface area (Å²) < 4.78 is 11.4. The lowest BCUT2D eigenvalue weighted by Gasteiger charge is -2.15. The molecule has 0 aliphatic carbocycles. The fourth-order valence-corrected chi connectivity index (χ4v) is 4.10. The van der Waals surface area contributed by atoms with Crippen LogP contribution in [-0.2, 0) is 14.3 Å². The maximum Gasteiger partial charge on any atom is 0.338 e. The van der Waals surface area contributed by atoms with E-state index in [1.807, 2.05) is 0 Å². The highest BCUT2D eigenvalue weighted by Gasteiger charge is 2.16. The molecule has 9 heteroatoms. The first-order valence-corrected chi connectivity index (χ1v) is 12.9. The van der Waals surface area contributed by atoms with Gasteiger partial charge in [0.15, 0.2) is 5.75 Å². The van der Waals surface area contributed by atoms with Crippen LogP contribution in [0.25, 0.3) is 11.1 Å². The van der Waals surface area contributed by atoms with E-state index in [0.717, 1.165) is 18.4 Å². The Morgan fingerprint density at radius 2 is 1.63 bits per heavy atom. The van der Waals surface area contributed by atoms with Crippen LogP contribution in [0.3, 0.4) is 0 Å². The molecular formula is C29H29Cl2NO6. The van der Waals surface area contributed by atoms with Crippen LogP contribution in [0.2, 0.25) is 10.0 Å². The molecule has 0 radical (unpaired) electrons. The first kappa shape index (κ1) is 29.0. The van der Waals surface area contributed by atoms with E-state index in [-0.39, 0.29) is 18.8 Å². The Morgan fingerprint density at radius 3 is 2.26 bits per heavy atom. The number of halogens is 2. The summed E-state index contributed by atoms with van der Waals surface area (Å²) in [6.07, 6.45) is 1.45. The molecule has 0 aromatic heterocycles. The minimum absolute atomic E-state index is 0.119. The van der Waals surface area contributed by atoms with Crippen LogP contribution >= 0.6 is 23.2 Å². The lowest BCUT2D eigenvalue weighted by atomic mass is 10.0. The SMILES string of the molecule is CC(C)CCCOC(=O)c1ccc(-c2cc(Cl)cc(Cl)c2Oc2ccc(NC(=O)CCC(=O)O)cc2)cc1. The van der Waals surface area contributed by atoms with Crippen molar-refractivity contribution in [3.8, 4) is 22.6 Å². The van der Waals surface area contributed by atoms with Gasteiger partial charge >= 0.3 is 11.9 Å². The molecule has 0 heterocycles. The zero-order valence-electron chi connectivity index (χ0n) is 21.1. The topological polar surface area (TPSA) is 102 Å². The predicted octanol–water partition coefficient (Wildman–Crippen LogP) is 7.85. The van der Waals surface area contributed by atoms with Crippen LogP contribution in [0.1, 0.15) is 49.9 Å². The zero-order valence-corrected chi connectivity index (χ0v) is 22.6. The van der Waals surface area contributed by atoms with Crippen molar-refractivity contribution >= 4 is 46.7 Å². The minimum Gasteiger partial charge on any atom is -0.481 e. The van der Waals surface area contributed by atoms with Crippen LogP contribution < -0.4 is 10.1 Å². The highest BCUT2D eigenvalue weighted by atomic mass is 35.5. The molecule has 3 rings (SSSR count). The van der Waals surface area contributed by atoms with E-state index < -0.39 is 11.9 Å². The fraction of sp³-hybridized carbons (Fsp3) is 0.276. The predicted molar refractivity (Wildman–Crippen MR) is 148 cm³/mol. The summed E-state index contributed by atoms with van der Waals surface area (Å²) in [6, 6.07) is 16.8. The normalized spacial score (nSPS) is 10.8. The molecule has 0 saturated heterocycles. The molecule has 3 aromatic rings. The summed E-state index contributed by atoms with van der Waals surface area (Å²) in [5.74, 6) is -0.420. The van der Waals surface area contributed by atoms with Crippen LogP contribution in [0.15, 0.2) is 60.7 Å². The second-order valence-electron chi connectivity index (χ2n) is 9.08. The third kappa shape index (κ3) is 8.78. The number of amides is 1. The van der Waals surface area contributed by atoms with Crippen molar-refractivity contribution in [2.45, 2.75) is 39.5 Å². The molecule has 38 heavy (non-hydrogen) atoms. The summed E-state index contributed by atoms with van der Waals surface area (Å²) in [7, 11) is 0. The van der Waals surface area contributed by atoms with Crippen molar-refractivity contribution in [1.82, 2.24) is 0 Å². The van der Waals surface area contributed by atoms with E-state index >= 15 is 0 Å². The Labute approximate surface area is 231 Å². The maximum atomic E-state index is 12.4. The number of rotatable bonds is 12. The van der Waals surface area contributed by atoms with E-state index in [9.17, 15) is 14.4 Å². The molecule has 7 nitrogen and oxygen atoms in total.